The maximum Gasteiger partial charge on any atom is 0.339 e. The number of imide groups is 2. The summed E-state index contributed by atoms with van der Waals surface area (Å²) in [4.78, 5) is 39.8. The number of hydrogen-bond donors (Lipinski definition) is 1. The minimum atomic E-state index is -4.21. The Morgan fingerprint density at radius 2 is 1.66 bits per heavy atom. The molecule has 3 aromatic rings. The Labute approximate surface area is 255 Å². The molecule has 4 rings (SSSR count). The first-order valence-corrected chi connectivity index (χ1v) is 15.0. The molecule has 1 aliphatic rings. The molecule has 0 saturated carbocycles. The predicted octanol–water partition coefficient (Wildman–Crippen LogP) is 4.65. The third-order valence-corrected chi connectivity index (χ3v) is 7.73. The average Bonchev–Trinajstić information content (AvgIpc) is 3.02. The molecule has 0 aromatic heterocycles. The van der Waals surface area contributed by atoms with Crippen molar-refractivity contribution in [2.75, 3.05) is 20.8 Å². The normalized spacial score (nSPS) is 14.3. The molecular formula is C32H32N2O9S. The zero-order valence-corrected chi connectivity index (χ0v) is 25.3. The Morgan fingerprint density at radius 3 is 2.32 bits per heavy atom. The summed E-state index contributed by atoms with van der Waals surface area (Å²) >= 11 is 0. The number of methoxy groups -OCH3 is 2. The van der Waals surface area contributed by atoms with Crippen LogP contribution in [0.4, 0.5) is 4.79 Å². The van der Waals surface area contributed by atoms with Crippen molar-refractivity contribution in [3.8, 4) is 23.0 Å². The van der Waals surface area contributed by atoms with E-state index in [9.17, 15) is 22.8 Å². The van der Waals surface area contributed by atoms with Crippen molar-refractivity contribution in [1.29, 1.82) is 0 Å². The summed E-state index contributed by atoms with van der Waals surface area (Å²) in [5.74, 6) is -0.754. The highest BCUT2D eigenvalue weighted by molar-refractivity contribution is 7.87. The van der Waals surface area contributed by atoms with Gasteiger partial charge in [-0.15, -0.1) is 6.58 Å². The first-order valence-electron chi connectivity index (χ1n) is 13.6. The summed E-state index contributed by atoms with van der Waals surface area (Å²) < 4.78 is 47.9. The molecule has 1 N–H and O–H groups in total. The Morgan fingerprint density at radius 1 is 0.932 bits per heavy atom. The lowest BCUT2D eigenvalue weighted by atomic mass is 10.0. The molecule has 0 aliphatic carbocycles. The molecule has 0 bridgehead atoms. The molecule has 4 amide bonds. The van der Waals surface area contributed by atoms with Crippen LogP contribution in [0.2, 0.25) is 0 Å². The number of hydrogen-bond acceptors (Lipinski definition) is 9. The van der Waals surface area contributed by atoms with Gasteiger partial charge in [0.1, 0.15) is 10.5 Å². The fourth-order valence-electron chi connectivity index (χ4n) is 4.39. The maximum absolute atomic E-state index is 13.5. The molecule has 0 spiro atoms. The zero-order valence-electron chi connectivity index (χ0n) is 24.5. The van der Waals surface area contributed by atoms with E-state index < -0.39 is 28.0 Å². The topological polar surface area (TPSA) is 138 Å². The van der Waals surface area contributed by atoms with Crippen molar-refractivity contribution in [2.24, 2.45) is 0 Å². The van der Waals surface area contributed by atoms with Gasteiger partial charge in [0.05, 0.1) is 27.4 Å². The molecule has 1 fully saturated rings. The Balaban J connectivity index is 1.67. The van der Waals surface area contributed by atoms with E-state index in [1.165, 1.54) is 38.5 Å². The second kappa shape index (κ2) is 13.9. The van der Waals surface area contributed by atoms with Crippen molar-refractivity contribution >= 4 is 34.0 Å². The van der Waals surface area contributed by atoms with Crippen LogP contribution >= 0.6 is 0 Å². The molecule has 0 radical (unpaired) electrons. The lowest BCUT2D eigenvalue weighted by Crippen LogP contribution is -2.53. The van der Waals surface area contributed by atoms with Gasteiger partial charge in [-0.1, -0.05) is 37.3 Å². The van der Waals surface area contributed by atoms with E-state index in [1.807, 2.05) is 6.92 Å². The summed E-state index contributed by atoms with van der Waals surface area (Å²) in [7, 11) is -1.39. The molecule has 44 heavy (non-hydrogen) atoms. The molecule has 11 nitrogen and oxygen atoms in total. The van der Waals surface area contributed by atoms with Gasteiger partial charge >= 0.3 is 16.1 Å². The summed E-state index contributed by atoms with van der Waals surface area (Å²) in [6, 6.07) is 14.8. The van der Waals surface area contributed by atoms with Crippen molar-refractivity contribution in [3.63, 3.8) is 0 Å². The fourth-order valence-corrected chi connectivity index (χ4v) is 5.39. The quantitative estimate of drug-likeness (QED) is 0.125. The Kier molecular flexibility index (Phi) is 10.1. The number of amides is 4. The number of nitrogens with zero attached hydrogens (tertiary/aromatic N) is 1. The van der Waals surface area contributed by atoms with E-state index in [2.05, 4.69) is 11.9 Å². The van der Waals surface area contributed by atoms with E-state index in [1.54, 1.807) is 48.5 Å². The van der Waals surface area contributed by atoms with Gasteiger partial charge in [0, 0.05) is 5.56 Å². The van der Waals surface area contributed by atoms with Gasteiger partial charge in [0.2, 0.25) is 0 Å². The van der Waals surface area contributed by atoms with Crippen LogP contribution in [-0.2, 0) is 32.7 Å². The second-order valence-electron chi connectivity index (χ2n) is 9.60. The Hall–Kier alpha value is -5.10. The van der Waals surface area contributed by atoms with Crippen molar-refractivity contribution in [3.05, 3.63) is 95.6 Å². The number of rotatable bonds is 13. The van der Waals surface area contributed by atoms with Gasteiger partial charge in [-0.05, 0) is 66.4 Å². The summed E-state index contributed by atoms with van der Waals surface area (Å²) in [5.41, 5.74) is 0.963. The number of barbiturate groups is 1. The van der Waals surface area contributed by atoms with Gasteiger partial charge in [-0.25, -0.2) is 4.79 Å². The standard InChI is InChI=1S/C32H32N2O9S/c1-5-10-23-16-22(19-28(41-4)29(23)43-44(38,39)24-11-8-7-9-12-24)17-25-30(35)33-32(37)34(31(25)36)20-21-13-14-26(42-15-6-2)27(18-21)40-3/h5,7-9,11-14,16-19H,1,6,10,15,20H2,2-4H3,(H,33,35,37)/b25-17+. The summed E-state index contributed by atoms with van der Waals surface area (Å²) in [5, 5.41) is 2.20. The van der Waals surface area contributed by atoms with Crippen LogP contribution in [0.5, 0.6) is 23.0 Å². The number of carbonyl (C=O) groups is 3. The monoisotopic (exact) mass is 620 g/mol. The van der Waals surface area contributed by atoms with Crippen LogP contribution in [0, 0.1) is 0 Å². The second-order valence-corrected chi connectivity index (χ2v) is 11.1. The first-order chi connectivity index (χ1) is 21.1. The Bertz CT molecular complexity index is 1720. The van der Waals surface area contributed by atoms with E-state index in [-0.39, 0.29) is 34.9 Å². The van der Waals surface area contributed by atoms with E-state index in [0.717, 1.165) is 11.3 Å². The number of ether oxygens (including phenoxy) is 3. The van der Waals surface area contributed by atoms with Crippen LogP contribution in [-0.4, -0.2) is 52.0 Å². The molecule has 1 aliphatic heterocycles. The van der Waals surface area contributed by atoms with Crippen LogP contribution < -0.4 is 23.7 Å². The molecule has 12 heteroatoms. The van der Waals surface area contributed by atoms with Gasteiger partial charge < -0.3 is 18.4 Å². The summed E-state index contributed by atoms with van der Waals surface area (Å²) in [6.07, 6.45) is 3.82. The number of urea groups is 1. The van der Waals surface area contributed by atoms with E-state index >= 15 is 0 Å². The first kappa shape index (κ1) is 31.8. The third kappa shape index (κ3) is 7.09. The van der Waals surface area contributed by atoms with Crippen molar-refractivity contribution in [2.45, 2.75) is 31.2 Å². The molecule has 3 aromatic carbocycles. The van der Waals surface area contributed by atoms with Crippen LogP contribution in [0.1, 0.15) is 30.0 Å². The average molecular weight is 621 g/mol. The largest absolute Gasteiger partial charge is 0.493 e. The third-order valence-electron chi connectivity index (χ3n) is 6.49. The van der Waals surface area contributed by atoms with E-state index in [4.69, 9.17) is 18.4 Å². The molecule has 1 saturated heterocycles. The molecule has 230 valence electrons. The minimum Gasteiger partial charge on any atom is -0.493 e. The molecular weight excluding hydrogens is 588 g/mol. The van der Waals surface area contributed by atoms with Crippen molar-refractivity contribution in [1.82, 2.24) is 10.2 Å². The predicted molar refractivity (Wildman–Crippen MR) is 162 cm³/mol. The van der Waals surface area contributed by atoms with Gasteiger partial charge in [0.25, 0.3) is 11.8 Å². The number of nitrogens with one attached hydrogen (secondary N) is 1. The maximum atomic E-state index is 13.5. The molecule has 1 heterocycles. The van der Waals surface area contributed by atoms with Crippen LogP contribution in [0.15, 0.2) is 83.8 Å². The van der Waals surface area contributed by atoms with Gasteiger partial charge in [-0.3, -0.25) is 19.8 Å². The molecule has 0 unspecified atom stereocenters. The summed E-state index contributed by atoms with van der Waals surface area (Å²) in [6.45, 7) is 6.05. The number of benzene rings is 3. The highest BCUT2D eigenvalue weighted by Crippen LogP contribution is 2.37. The highest BCUT2D eigenvalue weighted by Gasteiger charge is 2.36. The van der Waals surface area contributed by atoms with E-state index in [0.29, 0.717) is 34.8 Å². The van der Waals surface area contributed by atoms with Crippen molar-refractivity contribution < 1.29 is 41.2 Å². The lowest BCUT2D eigenvalue weighted by Gasteiger charge is -2.26. The smallest absolute Gasteiger partial charge is 0.339 e. The zero-order chi connectivity index (χ0) is 31.9. The highest BCUT2D eigenvalue weighted by atomic mass is 32.2. The number of allylic oxidation sites excluding steroid dienone is 1. The number of carbonyl (C=O) groups excluding carboxylic acids is 3. The molecule has 0 atom stereocenters. The minimum absolute atomic E-state index is 0.0461. The van der Waals surface area contributed by atoms with Crippen LogP contribution in [0.3, 0.4) is 0 Å². The van der Waals surface area contributed by atoms with Crippen LogP contribution in [0.25, 0.3) is 6.08 Å². The van der Waals surface area contributed by atoms with Gasteiger partial charge in [0.15, 0.2) is 23.0 Å². The SMILES string of the molecule is C=CCc1cc(/C=C2\C(=O)NC(=O)N(Cc3ccc(OCCC)c(OC)c3)C2=O)cc(OC)c1OS(=O)(=O)c1ccccc1. The van der Waals surface area contributed by atoms with Gasteiger partial charge in [-0.2, -0.15) is 8.42 Å². The fraction of sp³-hybridized carbons (Fsp3) is 0.219. The lowest BCUT2D eigenvalue weighted by molar-refractivity contribution is -0.130.